The van der Waals surface area contributed by atoms with Crippen molar-refractivity contribution in [2.45, 2.75) is 6.92 Å². The average Bonchev–Trinajstić information content (AvgIpc) is 2.73. The molecule has 2 aromatic carbocycles. The van der Waals surface area contributed by atoms with Gasteiger partial charge in [0.15, 0.2) is 6.61 Å². The van der Waals surface area contributed by atoms with Crippen LogP contribution in [0.4, 0.5) is 11.4 Å². The number of carbonyl (C=O) groups is 2. The summed E-state index contributed by atoms with van der Waals surface area (Å²) < 4.78 is 15.6. The van der Waals surface area contributed by atoms with E-state index in [1.54, 1.807) is 12.1 Å². The van der Waals surface area contributed by atoms with Crippen molar-refractivity contribution in [3.8, 4) is 5.75 Å². The van der Waals surface area contributed by atoms with E-state index in [9.17, 15) is 9.59 Å². The number of hydrogen-bond acceptors (Lipinski definition) is 6. The summed E-state index contributed by atoms with van der Waals surface area (Å²) in [5.41, 5.74) is 2.92. The van der Waals surface area contributed by atoms with E-state index in [-0.39, 0.29) is 6.61 Å². The van der Waals surface area contributed by atoms with Gasteiger partial charge >= 0.3 is 5.97 Å². The monoisotopic (exact) mass is 384 g/mol. The van der Waals surface area contributed by atoms with Gasteiger partial charge in [-0.05, 0) is 43.3 Å². The Labute approximate surface area is 164 Å². The summed E-state index contributed by atoms with van der Waals surface area (Å²) >= 11 is 0. The normalized spacial score (nSPS) is 13.7. The molecular formula is C21H24N2O5. The van der Waals surface area contributed by atoms with Gasteiger partial charge in [0.2, 0.25) is 0 Å². The molecule has 7 nitrogen and oxygen atoms in total. The third-order valence-electron chi connectivity index (χ3n) is 4.44. The summed E-state index contributed by atoms with van der Waals surface area (Å²) in [5, 5.41) is 2.73. The lowest BCUT2D eigenvalue weighted by molar-refractivity contribution is -0.119. The van der Waals surface area contributed by atoms with E-state index in [4.69, 9.17) is 14.2 Å². The fraction of sp³-hybridized carbons (Fsp3) is 0.333. The number of anilines is 2. The average molecular weight is 384 g/mol. The van der Waals surface area contributed by atoms with Crippen LogP contribution in [0.15, 0.2) is 42.5 Å². The predicted octanol–water partition coefficient (Wildman–Crippen LogP) is 2.64. The number of benzene rings is 2. The summed E-state index contributed by atoms with van der Waals surface area (Å²) in [6, 6.07) is 12.8. The molecule has 0 saturated carbocycles. The number of amides is 1. The van der Waals surface area contributed by atoms with Crippen LogP contribution in [0, 0.1) is 6.92 Å². The van der Waals surface area contributed by atoms with Crippen molar-refractivity contribution in [1.82, 2.24) is 0 Å². The van der Waals surface area contributed by atoms with E-state index >= 15 is 0 Å². The maximum atomic E-state index is 12.3. The van der Waals surface area contributed by atoms with Crippen LogP contribution in [-0.4, -0.2) is 51.9 Å². The minimum atomic E-state index is -0.599. The van der Waals surface area contributed by atoms with Crippen molar-refractivity contribution in [2.75, 3.05) is 50.2 Å². The van der Waals surface area contributed by atoms with Gasteiger partial charge in [-0.2, -0.15) is 0 Å². The van der Waals surface area contributed by atoms with E-state index in [2.05, 4.69) is 10.2 Å². The zero-order valence-corrected chi connectivity index (χ0v) is 16.1. The van der Waals surface area contributed by atoms with Gasteiger partial charge in [-0.1, -0.05) is 11.6 Å². The number of nitrogens with one attached hydrogen (secondary N) is 1. The van der Waals surface area contributed by atoms with Crippen LogP contribution >= 0.6 is 0 Å². The Hall–Kier alpha value is -3.06. The van der Waals surface area contributed by atoms with E-state index in [1.807, 2.05) is 37.3 Å². The molecule has 0 atom stereocenters. The molecule has 1 amide bonds. The molecule has 148 valence electrons. The highest BCUT2D eigenvalue weighted by Gasteiger charge is 2.16. The minimum Gasteiger partial charge on any atom is -0.496 e. The Morgan fingerprint density at radius 1 is 1.11 bits per heavy atom. The summed E-state index contributed by atoms with van der Waals surface area (Å²) in [6.07, 6.45) is 0. The molecule has 0 aliphatic carbocycles. The molecule has 0 unspecified atom stereocenters. The minimum absolute atomic E-state index is 0.296. The molecule has 28 heavy (non-hydrogen) atoms. The van der Waals surface area contributed by atoms with Gasteiger partial charge in [-0.15, -0.1) is 0 Å². The zero-order chi connectivity index (χ0) is 19.9. The molecule has 1 fully saturated rings. The van der Waals surface area contributed by atoms with Gasteiger partial charge in [-0.25, -0.2) is 4.79 Å². The first-order chi connectivity index (χ1) is 13.6. The van der Waals surface area contributed by atoms with Crippen LogP contribution in [0.2, 0.25) is 0 Å². The Morgan fingerprint density at radius 3 is 2.50 bits per heavy atom. The Balaban J connectivity index is 1.53. The highest BCUT2D eigenvalue weighted by Crippen LogP contribution is 2.21. The van der Waals surface area contributed by atoms with Crippen LogP contribution in [0.3, 0.4) is 0 Å². The summed E-state index contributed by atoms with van der Waals surface area (Å²) in [4.78, 5) is 26.6. The number of hydrogen-bond donors (Lipinski definition) is 1. The molecule has 0 radical (unpaired) electrons. The number of methoxy groups -OCH3 is 1. The topological polar surface area (TPSA) is 77.1 Å². The zero-order valence-electron chi connectivity index (χ0n) is 16.1. The van der Waals surface area contributed by atoms with E-state index in [0.717, 1.165) is 37.6 Å². The molecule has 1 heterocycles. The van der Waals surface area contributed by atoms with Gasteiger partial charge in [0.05, 0.1) is 20.3 Å². The smallest absolute Gasteiger partial charge is 0.342 e. The molecule has 1 saturated heterocycles. The Morgan fingerprint density at radius 2 is 1.82 bits per heavy atom. The first-order valence-electron chi connectivity index (χ1n) is 9.11. The van der Waals surface area contributed by atoms with Crippen molar-refractivity contribution in [3.63, 3.8) is 0 Å². The number of carbonyl (C=O) groups excluding carboxylic acids is 2. The molecule has 1 aliphatic heterocycles. The predicted molar refractivity (Wildman–Crippen MR) is 106 cm³/mol. The Bertz CT molecular complexity index is 829. The fourth-order valence-electron chi connectivity index (χ4n) is 2.96. The van der Waals surface area contributed by atoms with Crippen LogP contribution in [-0.2, 0) is 14.3 Å². The van der Waals surface area contributed by atoms with Gasteiger partial charge in [0.25, 0.3) is 5.91 Å². The molecular weight excluding hydrogens is 360 g/mol. The second-order valence-corrected chi connectivity index (χ2v) is 6.47. The van der Waals surface area contributed by atoms with Gasteiger partial charge < -0.3 is 24.4 Å². The lowest BCUT2D eigenvalue weighted by atomic mass is 10.1. The third-order valence-corrected chi connectivity index (χ3v) is 4.44. The first kappa shape index (κ1) is 19.7. The lowest BCUT2D eigenvalue weighted by Gasteiger charge is -2.28. The van der Waals surface area contributed by atoms with Crippen molar-refractivity contribution in [3.05, 3.63) is 53.6 Å². The van der Waals surface area contributed by atoms with Crippen LogP contribution in [0.5, 0.6) is 5.75 Å². The van der Waals surface area contributed by atoms with E-state index in [1.165, 1.54) is 7.11 Å². The standard InChI is InChI=1S/C21H24N2O5/c1-15-3-8-19(26-2)18(13-15)21(25)28-14-20(24)22-16-4-6-17(7-5-16)23-9-11-27-12-10-23/h3-8,13H,9-12,14H2,1-2H3,(H,22,24). The quantitative estimate of drug-likeness (QED) is 0.772. The van der Waals surface area contributed by atoms with Crippen LogP contribution in [0.25, 0.3) is 0 Å². The van der Waals surface area contributed by atoms with E-state index in [0.29, 0.717) is 17.0 Å². The summed E-state index contributed by atoms with van der Waals surface area (Å²) in [7, 11) is 1.48. The first-order valence-corrected chi connectivity index (χ1v) is 9.11. The molecule has 0 spiro atoms. The highest BCUT2D eigenvalue weighted by molar-refractivity contribution is 5.97. The molecule has 3 rings (SSSR count). The number of aryl methyl sites for hydroxylation is 1. The van der Waals surface area contributed by atoms with Crippen molar-refractivity contribution < 1.29 is 23.8 Å². The molecule has 2 aromatic rings. The highest BCUT2D eigenvalue weighted by atomic mass is 16.5. The van der Waals surface area contributed by atoms with Gasteiger partial charge in [0, 0.05) is 24.5 Å². The van der Waals surface area contributed by atoms with Crippen LogP contribution in [0.1, 0.15) is 15.9 Å². The number of nitrogens with zero attached hydrogens (tertiary/aromatic N) is 1. The SMILES string of the molecule is COc1ccc(C)cc1C(=O)OCC(=O)Nc1ccc(N2CCOCC2)cc1. The van der Waals surface area contributed by atoms with Gasteiger partial charge in [0.1, 0.15) is 11.3 Å². The number of morpholine rings is 1. The molecule has 0 bridgehead atoms. The van der Waals surface area contributed by atoms with E-state index < -0.39 is 11.9 Å². The second kappa shape index (κ2) is 9.23. The molecule has 0 aromatic heterocycles. The van der Waals surface area contributed by atoms with Crippen molar-refractivity contribution >= 4 is 23.3 Å². The fourth-order valence-corrected chi connectivity index (χ4v) is 2.96. The second-order valence-electron chi connectivity index (χ2n) is 6.47. The largest absolute Gasteiger partial charge is 0.496 e. The number of rotatable bonds is 6. The van der Waals surface area contributed by atoms with Crippen molar-refractivity contribution in [2.24, 2.45) is 0 Å². The van der Waals surface area contributed by atoms with Crippen LogP contribution < -0.4 is 15.0 Å². The van der Waals surface area contributed by atoms with Gasteiger partial charge in [-0.3, -0.25) is 4.79 Å². The number of esters is 1. The maximum Gasteiger partial charge on any atom is 0.342 e. The lowest BCUT2D eigenvalue weighted by Crippen LogP contribution is -2.36. The molecule has 1 aliphatic rings. The molecule has 7 heteroatoms. The number of ether oxygens (including phenoxy) is 3. The Kier molecular flexibility index (Phi) is 6.49. The molecule has 1 N–H and O–H groups in total. The van der Waals surface area contributed by atoms with Crippen molar-refractivity contribution in [1.29, 1.82) is 0 Å². The summed E-state index contributed by atoms with van der Waals surface area (Å²) in [5.74, 6) is -0.591. The third kappa shape index (κ3) is 5.01. The summed E-state index contributed by atoms with van der Waals surface area (Å²) in [6.45, 7) is 4.63. The maximum absolute atomic E-state index is 12.3.